The molecule has 0 aromatic carbocycles. The summed E-state index contributed by atoms with van der Waals surface area (Å²) in [6, 6.07) is 0. The Balaban J connectivity index is 2.10. The van der Waals surface area contributed by atoms with E-state index < -0.39 is 12.2 Å². The van der Waals surface area contributed by atoms with Crippen LogP contribution in [-0.4, -0.2) is 53.4 Å². The van der Waals surface area contributed by atoms with Gasteiger partial charge in [-0.05, 0) is 50.0 Å². The van der Waals surface area contributed by atoms with Crippen LogP contribution in [0.5, 0.6) is 0 Å². The first-order chi connectivity index (χ1) is 22.8. The van der Waals surface area contributed by atoms with E-state index in [1.54, 1.807) is 12.2 Å². The minimum absolute atomic E-state index is 0.0735. The molecule has 1 rings (SSSR count). The number of hydrogen-bond donors (Lipinski definition) is 2. The van der Waals surface area contributed by atoms with Gasteiger partial charge >= 0.3 is 11.9 Å². The normalized spacial score (nSPS) is 18.3. The molecule has 0 radical (unpaired) electrons. The molecule has 0 aromatic heterocycles. The molecule has 7 heteroatoms. The fourth-order valence-electron chi connectivity index (χ4n) is 5.81. The molecule has 0 bridgehead atoms. The van der Waals surface area contributed by atoms with Crippen LogP contribution in [0.15, 0.2) is 36.5 Å². The summed E-state index contributed by atoms with van der Waals surface area (Å²) < 4.78 is 10.6. The molecule has 0 fully saturated rings. The first-order valence-electron chi connectivity index (χ1n) is 19.0. The maximum atomic E-state index is 12.3. The second-order valence-corrected chi connectivity index (χ2v) is 13.6. The second kappa shape index (κ2) is 28.7. The summed E-state index contributed by atoms with van der Waals surface area (Å²) in [6.45, 7) is 6.21. The number of unbranched alkanes of at least 4 members (excludes halogenated alkanes) is 12. The van der Waals surface area contributed by atoms with Gasteiger partial charge in [-0.25, -0.2) is 0 Å². The van der Waals surface area contributed by atoms with Crippen molar-refractivity contribution in [3.05, 3.63) is 36.5 Å². The number of aliphatic hydroxyl groups excluding tert-OH is 2. The van der Waals surface area contributed by atoms with Crippen LogP contribution in [0, 0.1) is 17.8 Å². The van der Waals surface area contributed by atoms with Gasteiger partial charge in [0.15, 0.2) is 11.9 Å². The van der Waals surface area contributed by atoms with Gasteiger partial charge in [-0.3, -0.25) is 14.4 Å². The third kappa shape index (κ3) is 22.9. The summed E-state index contributed by atoms with van der Waals surface area (Å²) in [5.74, 6) is 0.0376. The number of hydrogen-bond acceptors (Lipinski definition) is 7. The molecule has 47 heavy (non-hydrogen) atoms. The van der Waals surface area contributed by atoms with E-state index in [2.05, 4.69) is 20.8 Å². The number of ketones is 1. The zero-order chi connectivity index (χ0) is 34.5. The van der Waals surface area contributed by atoms with Crippen LogP contribution in [0.3, 0.4) is 0 Å². The van der Waals surface area contributed by atoms with Gasteiger partial charge in [0.2, 0.25) is 0 Å². The number of rotatable bonds is 30. The average Bonchev–Trinajstić information content (AvgIpc) is 3.42. The molecule has 0 saturated heterocycles. The monoisotopic (exact) mass is 660 g/mol. The van der Waals surface area contributed by atoms with Crippen LogP contribution in [0.2, 0.25) is 0 Å². The number of allylic oxidation sites excluding steroid dienone is 5. The minimum Gasteiger partial charge on any atom is -0.462 e. The van der Waals surface area contributed by atoms with Crippen LogP contribution in [0.25, 0.3) is 0 Å². The average molecular weight is 661 g/mol. The highest BCUT2D eigenvalue weighted by atomic mass is 16.6. The first kappa shape index (κ1) is 42.8. The van der Waals surface area contributed by atoms with Gasteiger partial charge in [0, 0.05) is 18.8 Å². The van der Waals surface area contributed by atoms with Gasteiger partial charge in [-0.1, -0.05) is 141 Å². The molecule has 1 aliphatic rings. The lowest BCUT2D eigenvalue weighted by Gasteiger charge is -2.15. The molecule has 0 spiro atoms. The topological polar surface area (TPSA) is 110 Å². The second-order valence-electron chi connectivity index (χ2n) is 13.6. The van der Waals surface area contributed by atoms with Crippen LogP contribution in [0.4, 0.5) is 0 Å². The minimum atomic E-state index is -0.835. The van der Waals surface area contributed by atoms with Crippen molar-refractivity contribution in [2.75, 3.05) is 13.2 Å². The molecule has 0 aromatic rings. The van der Waals surface area contributed by atoms with E-state index in [0.29, 0.717) is 19.3 Å². The number of esters is 2. The van der Waals surface area contributed by atoms with E-state index in [4.69, 9.17) is 9.47 Å². The molecular formula is C40H68O7. The van der Waals surface area contributed by atoms with E-state index in [1.165, 1.54) is 57.8 Å². The lowest BCUT2D eigenvalue weighted by molar-refractivity contribution is -0.161. The Morgan fingerprint density at radius 3 is 2.15 bits per heavy atom. The number of carbonyl (C=O) groups is 3. The SMILES string of the molecule is CCCCC[C@H](O)/C=C/[C@H]1C(=O)C=C[C@@H]1C/C=C\CCCC(=O)OC[C@H](CO)OC(=O)CCCCCCCCCCCCC(C)CC. The van der Waals surface area contributed by atoms with Gasteiger partial charge in [-0.15, -0.1) is 0 Å². The van der Waals surface area contributed by atoms with E-state index >= 15 is 0 Å². The smallest absolute Gasteiger partial charge is 0.306 e. The standard InChI is InChI=1S/C40H68O7/c1-4-6-17-24-35(42)28-29-37-34(27-30-38(37)43)23-19-15-16-20-25-39(44)46-32-36(31-41)47-40(45)26-21-14-12-10-8-7-9-11-13-18-22-33(3)5-2/h15,19,27-30,33-37,41-42H,4-14,16-18,20-26,31-32H2,1-3H3/b19-15-,29-28+/t33?,34-,35-,36-,37+/m0/s1. The number of carbonyl (C=O) groups excluding carboxylic acids is 3. The third-order valence-corrected chi connectivity index (χ3v) is 9.22. The van der Waals surface area contributed by atoms with Crippen molar-refractivity contribution in [2.45, 2.75) is 168 Å². The Hall–Kier alpha value is -2.25. The maximum absolute atomic E-state index is 12.3. The lowest BCUT2D eigenvalue weighted by Crippen LogP contribution is -2.28. The van der Waals surface area contributed by atoms with Gasteiger partial charge in [0.1, 0.15) is 6.61 Å². The third-order valence-electron chi connectivity index (χ3n) is 9.22. The highest BCUT2D eigenvalue weighted by Gasteiger charge is 2.27. The molecule has 2 N–H and O–H groups in total. The van der Waals surface area contributed by atoms with Gasteiger partial charge in [0.25, 0.3) is 0 Å². The summed E-state index contributed by atoms with van der Waals surface area (Å²) in [4.78, 5) is 36.6. The molecule has 1 aliphatic carbocycles. The van der Waals surface area contributed by atoms with Crippen molar-refractivity contribution in [1.29, 1.82) is 0 Å². The van der Waals surface area contributed by atoms with E-state index in [-0.39, 0.29) is 49.2 Å². The quantitative estimate of drug-likeness (QED) is 0.0449. The maximum Gasteiger partial charge on any atom is 0.306 e. The van der Waals surface area contributed by atoms with E-state index in [0.717, 1.165) is 57.3 Å². The Kier molecular flexibility index (Phi) is 26.1. The molecule has 7 nitrogen and oxygen atoms in total. The number of ether oxygens (including phenoxy) is 2. The van der Waals surface area contributed by atoms with Crippen molar-refractivity contribution in [1.82, 2.24) is 0 Å². The van der Waals surface area contributed by atoms with Crippen LogP contribution in [0.1, 0.15) is 156 Å². The van der Waals surface area contributed by atoms with Crippen molar-refractivity contribution >= 4 is 17.7 Å². The predicted octanol–water partition coefficient (Wildman–Crippen LogP) is 9.15. The Morgan fingerprint density at radius 1 is 0.851 bits per heavy atom. The van der Waals surface area contributed by atoms with Crippen LogP contribution in [-0.2, 0) is 23.9 Å². The van der Waals surface area contributed by atoms with Crippen molar-refractivity contribution in [2.24, 2.45) is 17.8 Å². The Labute approximate surface area is 286 Å². The zero-order valence-electron chi connectivity index (χ0n) is 30.0. The lowest BCUT2D eigenvalue weighted by atomic mass is 9.90. The van der Waals surface area contributed by atoms with Gasteiger partial charge in [0.05, 0.1) is 12.7 Å². The highest BCUT2D eigenvalue weighted by molar-refractivity contribution is 5.95. The van der Waals surface area contributed by atoms with Gasteiger partial charge < -0.3 is 19.7 Å². The summed E-state index contributed by atoms with van der Waals surface area (Å²) in [6.07, 6.45) is 31.0. The molecule has 270 valence electrons. The fourth-order valence-corrected chi connectivity index (χ4v) is 5.81. The van der Waals surface area contributed by atoms with E-state index in [9.17, 15) is 24.6 Å². The molecule has 0 saturated carbocycles. The van der Waals surface area contributed by atoms with Crippen molar-refractivity contribution < 1.29 is 34.1 Å². The first-order valence-corrected chi connectivity index (χ1v) is 19.0. The summed E-state index contributed by atoms with van der Waals surface area (Å²) in [5, 5.41) is 19.7. The largest absolute Gasteiger partial charge is 0.462 e. The van der Waals surface area contributed by atoms with E-state index in [1.807, 2.05) is 24.3 Å². The highest BCUT2D eigenvalue weighted by Crippen LogP contribution is 2.27. The van der Waals surface area contributed by atoms with Crippen molar-refractivity contribution in [3.8, 4) is 0 Å². The zero-order valence-corrected chi connectivity index (χ0v) is 30.0. The molecule has 1 unspecified atom stereocenters. The predicted molar refractivity (Wildman–Crippen MR) is 191 cm³/mol. The van der Waals surface area contributed by atoms with Crippen LogP contribution >= 0.6 is 0 Å². The molecule has 0 aliphatic heterocycles. The Bertz CT molecular complexity index is 908. The molecule has 5 atom stereocenters. The van der Waals surface area contributed by atoms with Crippen LogP contribution < -0.4 is 0 Å². The molecule has 0 heterocycles. The summed E-state index contributed by atoms with van der Waals surface area (Å²) >= 11 is 0. The Morgan fingerprint density at radius 2 is 1.49 bits per heavy atom. The van der Waals surface area contributed by atoms with Crippen molar-refractivity contribution in [3.63, 3.8) is 0 Å². The number of aliphatic hydroxyl groups is 2. The fraction of sp³-hybridized carbons (Fsp3) is 0.775. The molecule has 0 amide bonds. The van der Waals surface area contributed by atoms with Gasteiger partial charge in [-0.2, -0.15) is 0 Å². The summed E-state index contributed by atoms with van der Waals surface area (Å²) in [5.41, 5.74) is 0. The molecular weight excluding hydrogens is 592 g/mol. The summed E-state index contributed by atoms with van der Waals surface area (Å²) in [7, 11) is 0.